The van der Waals surface area contributed by atoms with Crippen LogP contribution >= 0.6 is 0 Å². The molecule has 164 valence electrons. The van der Waals surface area contributed by atoms with Gasteiger partial charge >= 0.3 is 5.97 Å². The average Bonchev–Trinajstić information content (AvgIpc) is 2.79. The van der Waals surface area contributed by atoms with Crippen LogP contribution in [0, 0.1) is 16.0 Å². The number of methoxy groups -OCH3 is 1. The number of nitro groups is 1. The van der Waals surface area contributed by atoms with Crippen molar-refractivity contribution in [2.45, 2.75) is 25.9 Å². The summed E-state index contributed by atoms with van der Waals surface area (Å²) in [6.45, 7) is 2.52. The first kappa shape index (κ1) is 22.1. The van der Waals surface area contributed by atoms with E-state index in [-0.39, 0.29) is 11.6 Å². The van der Waals surface area contributed by atoms with Crippen molar-refractivity contribution in [3.05, 3.63) is 58.6 Å². The lowest BCUT2D eigenvalue weighted by Crippen LogP contribution is -2.39. The van der Waals surface area contributed by atoms with Crippen LogP contribution in [0.2, 0.25) is 0 Å². The maximum Gasteiger partial charge on any atom is 0.309 e. The maximum absolute atomic E-state index is 12.5. The number of nitrogens with zero attached hydrogens (tertiary/aromatic N) is 2. The summed E-state index contributed by atoms with van der Waals surface area (Å²) in [7, 11) is 1.56. The SMILES string of the molecule is COc1ccc(NC(=O)[C@H](C)OC(=O)C2CCN(c3ccccc3[N+](=O)[O-])CC2)cc1. The number of anilines is 2. The molecule has 0 aliphatic carbocycles. The van der Waals surface area contributed by atoms with Gasteiger partial charge in [-0.25, -0.2) is 0 Å². The molecule has 31 heavy (non-hydrogen) atoms. The van der Waals surface area contributed by atoms with Gasteiger partial charge in [-0.3, -0.25) is 19.7 Å². The second-order valence-corrected chi connectivity index (χ2v) is 7.30. The van der Waals surface area contributed by atoms with E-state index in [0.717, 1.165) is 0 Å². The monoisotopic (exact) mass is 427 g/mol. The lowest BCUT2D eigenvalue weighted by atomic mass is 9.96. The highest BCUT2D eigenvalue weighted by Crippen LogP contribution is 2.31. The van der Waals surface area contributed by atoms with Gasteiger partial charge in [0.15, 0.2) is 6.10 Å². The Hall–Kier alpha value is -3.62. The molecular formula is C22H25N3O6. The van der Waals surface area contributed by atoms with Gasteiger partial charge in [0.05, 0.1) is 18.0 Å². The molecule has 1 fully saturated rings. The van der Waals surface area contributed by atoms with Gasteiger partial charge in [-0.05, 0) is 50.1 Å². The number of hydrogen-bond donors (Lipinski definition) is 1. The predicted molar refractivity (Wildman–Crippen MR) is 115 cm³/mol. The molecule has 9 heteroatoms. The molecule has 1 heterocycles. The second kappa shape index (κ2) is 9.92. The third-order valence-electron chi connectivity index (χ3n) is 5.27. The van der Waals surface area contributed by atoms with Gasteiger partial charge in [0.1, 0.15) is 11.4 Å². The molecule has 9 nitrogen and oxygen atoms in total. The number of benzene rings is 2. The first-order chi connectivity index (χ1) is 14.9. The topological polar surface area (TPSA) is 111 Å². The van der Waals surface area contributed by atoms with Gasteiger partial charge in [0.2, 0.25) is 0 Å². The number of nitrogens with one attached hydrogen (secondary N) is 1. The summed E-state index contributed by atoms with van der Waals surface area (Å²) < 4.78 is 10.4. The quantitative estimate of drug-likeness (QED) is 0.410. The number of ether oxygens (including phenoxy) is 2. The number of para-hydroxylation sites is 2. The zero-order valence-electron chi connectivity index (χ0n) is 17.4. The minimum atomic E-state index is -0.942. The van der Waals surface area contributed by atoms with E-state index in [2.05, 4.69) is 5.32 Å². The number of carbonyl (C=O) groups excluding carboxylic acids is 2. The molecule has 3 rings (SSSR count). The van der Waals surface area contributed by atoms with E-state index >= 15 is 0 Å². The molecule has 1 aliphatic rings. The summed E-state index contributed by atoms with van der Waals surface area (Å²) in [4.78, 5) is 37.6. The Labute approximate surface area is 180 Å². The number of carbonyl (C=O) groups is 2. The zero-order valence-corrected chi connectivity index (χ0v) is 17.4. The van der Waals surface area contributed by atoms with E-state index < -0.39 is 22.9 Å². The van der Waals surface area contributed by atoms with Gasteiger partial charge in [0, 0.05) is 24.8 Å². The fourth-order valence-corrected chi connectivity index (χ4v) is 3.48. The Bertz CT molecular complexity index is 939. The molecule has 1 atom stereocenters. The van der Waals surface area contributed by atoms with E-state index in [0.29, 0.717) is 43.1 Å². The first-order valence-electron chi connectivity index (χ1n) is 10.0. The second-order valence-electron chi connectivity index (χ2n) is 7.30. The molecule has 0 aromatic heterocycles. The summed E-state index contributed by atoms with van der Waals surface area (Å²) in [5.74, 6) is -0.532. The molecule has 1 N–H and O–H groups in total. The Morgan fingerprint density at radius 2 is 1.77 bits per heavy atom. The summed E-state index contributed by atoms with van der Waals surface area (Å²) in [6, 6.07) is 13.4. The van der Waals surface area contributed by atoms with Crippen molar-refractivity contribution in [1.29, 1.82) is 0 Å². The van der Waals surface area contributed by atoms with Crippen molar-refractivity contribution in [2.24, 2.45) is 5.92 Å². The highest BCUT2D eigenvalue weighted by molar-refractivity contribution is 5.95. The summed E-state index contributed by atoms with van der Waals surface area (Å²) >= 11 is 0. The molecule has 1 aliphatic heterocycles. The summed E-state index contributed by atoms with van der Waals surface area (Å²) in [5, 5.41) is 13.9. The smallest absolute Gasteiger partial charge is 0.309 e. The summed E-state index contributed by atoms with van der Waals surface area (Å²) in [5.41, 5.74) is 1.17. The molecule has 0 saturated carbocycles. The van der Waals surface area contributed by atoms with Gasteiger partial charge in [-0.15, -0.1) is 0 Å². The minimum absolute atomic E-state index is 0.0485. The van der Waals surface area contributed by atoms with Crippen LogP contribution in [0.15, 0.2) is 48.5 Å². The van der Waals surface area contributed by atoms with E-state index in [9.17, 15) is 19.7 Å². The highest BCUT2D eigenvalue weighted by atomic mass is 16.6. The van der Waals surface area contributed by atoms with Crippen molar-refractivity contribution in [1.82, 2.24) is 0 Å². The van der Waals surface area contributed by atoms with Crippen LogP contribution in [0.4, 0.5) is 17.1 Å². The minimum Gasteiger partial charge on any atom is -0.497 e. The van der Waals surface area contributed by atoms with Crippen LogP contribution in [0.1, 0.15) is 19.8 Å². The van der Waals surface area contributed by atoms with Gasteiger partial charge in [-0.1, -0.05) is 12.1 Å². The number of rotatable bonds is 7. The standard InChI is InChI=1S/C22H25N3O6/c1-15(21(26)23-17-7-9-18(30-2)10-8-17)31-22(27)16-11-13-24(14-12-16)19-5-3-4-6-20(19)25(28)29/h3-10,15-16H,11-14H2,1-2H3,(H,23,26)/t15-/m0/s1. The molecule has 2 aromatic rings. The molecule has 0 unspecified atom stereocenters. The van der Waals surface area contributed by atoms with Crippen LogP contribution in [-0.2, 0) is 14.3 Å². The predicted octanol–water partition coefficient (Wildman–Crippen LogP) is 3.39. The third-order valence-corrected chi connectivity index (χ3v) is 5.27. The lowest BCUT2D eigenvalue weighted by molar-refractivity contribution is -0.384. The number of esters is 1. The van der Waals surface area contributed by atoms with Gasteiger partial charge in [-0.2, -0.15) is 0 Å². The Balaban J connectivity index is 1.51. The Kier molecular flexibility index (Phi) is 7.07. The van der Waals surface area contributed by atoms with Crippen LogP contribution < -0.4 is 15.0 Å². The molecular weight excluding hydrogens is 402 g/mol. The number of hydrogen-bond acceptors (Lipinski definition) is 7. The van der Waals surface area contributed by atoms with E-state index in [1.165, 1.54) is 13.0 Å². The fourth-order valence-electron chi connectivity index (χ4n) is 3.48. The van der Waals surface area contributed by atoms with Crippen LogP contribution in [-0.4, -0.2) is 43.1 Å². The van der Waals surface area contributed by atoms with E-state index in [4.69, 9.17) is 9.47 Å². The number of nitro benzene ring substituents is 1. The molecule has 0 spiro atoms. The van der Waals surface area contributed by atoms with E-state index in [1.807, 2.05) is 4.90 Å². The van der Waals surface area contributed by atoms with Crippen molar-refractivity contribution in [2.75, 3.05) is 30.4 Å². The lowest BCUT2D eigenvalue weighted by Gasteiger charge is -2.32. The normalized spacial score (nSPS) is 15.1. The molecule has 1 saturated heterocycles. The van der Waals surface area contributed by atoms with Gasteiger partial charge < -0.3 is 19.7 Å². The van der Waals surface area contributed by atoms with Crippen molar-refractivity contribution in [3.63, 3.8) is 0 Å². The van der Waals surface area contributed by atoms with Crippen LogP contribution in [0.3, 0.4) is 0 Å². The fraction of sp³-hybridized carbons (Fsp3) is 0.364. The van der Waals surface area contributed by atoms with E-state index in [1.54, 1.807) is 49.6 Å². The van der Waals surface area contributed by atoms with Crippen LogP contribution in [0.5, 0.6) is 5.75 Å². The zero-order chi connectivity index (χ0) is 22.4. The molecule has 1 amide bonds. The Morgan fingerprint density at radius 1 is 1.13 bits per heavy atom. The van der Waals surface area contributed by atoms with Crippen molar-refractivity contribution < 1.29 is 24.0 Å². The number of amides is 1. The molecule has 0 radical (unpaired) electrons. The third kappa shape index (κ3) is 5.50. The van der Waals surface area contributed by atoms with Crippen molar-refractivity contribution in [3.8, 4) is 5.75 Å². The van der Waals surface area contributed by atoms with Crippen molar-refractivity contribution >= 4 is 28.9 Å². The highest BCUT2D eigenvalue weighted by Gasteiger charge is 2.30. The number of piperidine rings is 1. The Morgan fingerprint density at radius 3 is 2.39 bits per heavy atom. The van der Waals surface area contributed by atoms with Crippen LogP contribution in [0.25, 0.3) is 0 Å². The molecule has 0 bridgehead atoms. The first-order valence-corrected chi connectivity index (χ1v) is 10.0. The summed E-state index contributed by atoms with van der Waals surface area (Å²) in [6.07, 6.45) is 0.0536. The van der Waals surface area contributed by atoms with Gasteiger partial charge in [0.25, 0.3) is 11.6 Å². The average molecular weight is 427 g/mol. The maximum atomic E-state index is 12.5. The molecule has 2 aromatic carbocycles. The largest absolute Gasteiger partial charge is 0.497 e.